The quantitative estimate of drug-likeness (QED) is 0.500. The molecule has 0 spiro atoms. The number of piperidine rings is 1. The zero-order valence-electron chi connectivity index (χ0n) is 20.6. The number of rotatable bonds is 6. The summed E-state index contributed by atoms with van der Waals surface area (Å²) in [5, 5.41) is 17.0. The lowest BCUT2D eigenvalue weighted by Crippen LogP contribution is -2.45. The molecule has 37 heavy (non-hydrogen) atoms. The molecule has 5 rings (SSSR count). The Bertz CT molecular complexity index is 1320. The summed E-state index contributed by atoms with van der Waals surface area (Å²) in [6.07, 6.45) is 6.38. The van der Waals surface area contributed by atoms with Crippen LogP contribution in [0.2, 0.25) is 0 Å². The minimum absolute atomic E-state index is 0.00271. The number of aliphatic hydroxyl groups is 1. The average Bonchev–Trinajstić information content (AvgIpc) is 3.37. The molecule has 1 amide bonds. The molecule has 1 aliphatic heterocycles. The summed E-state index contributed by atoms with van der Waals surface area (Å²) in [5.74, 6) is -1.48. The Morgan fingerprint density at radius 1 is 1.24 bits per heavy atom. The van der Waals surface area contributed by atoms with Crippen LogP contribution in [0.1, 0.15) is 78.5 Å². The van der Waals surface area contributed by atoms with Crippen molar-refractivity contribution in [1.29, 1.82) is 0 Å². The second-order valence-electron chi connectivity index (χ2n) is 9.87. The predicted molar refractivity (Wildman–Crippen MR) is 133 cm³/mol. The third-order valence-corrected chi connectivity index (χ3v) is 7.42. The number of fused-ring (bicyclic) bond motifs is 1. The molecule has 1 fully saturated rings. The monoisotopic (exact) mass is 513 g/mol. The van der Waals surface area contributed by atoms with Gasteiger partial charge in [-0.3, -0.25) is 9.69 Å². The summed E-state index contributed by atoms with van der Waals surface area (Å²) in [7, 11) is 0. The van der Waals surface area contributed by atoms with Crippen LogP contribution in [0, 0.1) is 5.82 Å². The van der Waals surface area contributed by atoms with Gasteiger partial charge in [0.15, 0.2) is 5.65 Å². The molecule has 0 radical (unpaired) electrons. The van der Waals surface area contributed by atoms with Crippen LogP contribution < -0.4 is 5.32 Å². The number of alkyl halides is 2. The van der Waals surface area contributed by atoms with E-state index in [1.165, 1.54) is 18.5 Å². The topological polar surface area (TPSA) is 82.8 Å². The van der Waals surface area contributed by atoms with Crippen LogP contribution in [0.25, 0.3) is 11.2 Å². The number of benzene rings is 1. The first-order chi connectivity index (χ1) is 17.8. The average molecular weight is 514 g/mol. The number of halogens is 3. The fourth-order valence-corrected chi connectivity index (χ4v) is 5.43. The number of amides is 1. The van der Waals surface area contributed by atoms with Gasteiger partial charge in [0.2, 0.25) is 0 Å². The summed E-state index contributed by atoms with van der Waals surface area (Å²) < 4.78 is 42.4. The van der Waals surface area contributed by atoms with Crippen molar-refractivity contribution in [1.82, 2.24) is 24.8 Å². The van der Waals surface area contributed by atoms with Gasteiger partial charge in [-0.25, -0.2) is 22.7 Å². The van der Waals surface area contributed by atoms with Gasteiger partial charge in [0.25, 0.3) is 12.3 Å². The van der Waals surface area contributed by atoms with Crippen molar-refractivity contribution in [3.05, 3.63) is 70.9 Å². The summed E-state index contributed by atoms with van der Waals surface area (Å²) in [6.45, 7) is 3.26. The van der Waals surface area contributed by atoms with Gasteiger partial charge in [-0.15, -0.1) is 0 Å². The number of allylic oxidation sites excluding steroid dienone is 1. The molecule has 3 aromatic rings. The largest absolute Gasteiger partial charge is 0.392 e. The van der Waals surface area contributed by atoms with E-state index in [1.807, 2.05) is 0 Å². The maximum atomic E-state index is 14.6. The number of β-amino-alcohol motifs (C(OH)–C–C–N with tert-alkyl or cyclic N) is 1. The van der Waals surface area contributed by atoms with Gasteiger partial charge in [0.05, 0.1) is 23.3 Å². The van der Waals surface area contributed by atoms with Crippen molar-refractivity contribution >= 4 is 17.1 Å². The van der Waals surface area contributed by atoms with Gasteiger partial charge in [-0.05, 0) is 57.2 Å². The molecular weight excluding hydrogens is 483 g/mol. The van der Waals surface area contributed by atoms with Crippen LogP contribution in [0.5, 0.6) is 0 Å². The van der Waals surface area contributed by atoms with Crippen molar-refractivity contribution in [3.63, 3.8) is 0 Å². The van der Waals surface area contributed by atoms with E-state index >= 15 is 0 Å². The van der Waals surface area contributed by atoms with Gasteiger partial charge in [-0.2, -0.15) is 5.10 Å². The first-order valence-electron chi connectivity index (χ1n) is 12.6. The summed E-state index contributed by atoms with van der Waals surface area (Å²) >= 11 is 0. The van der Waals surface area contributed by atoms with Crippen LogP contribution in [-0.4, -0.2) is 55.7 Å². The lowest BCUT2D eigenvalue weighted by molar-refractivity contribution is 0.0443. The van der Waals surface area contributed by atoms with Gasteiger partial charge in [0, 0.05) is 29.9 Å². The van der Waals surface area contributed by atoms with Crippen LogP contribution in [0.3, 0.4) is 0 Å². The van der Waals surface area contributed by atoms with Gasteiger partial charge in [-0.1, -0.05) is 24.3 Å². The number of hydrogen-bond acceptors (Lipinski definition) is 5. The van der Waals surface area contributed by atoms with Crippen LogP contribution in [0.4, 0.5) is 13.2 Å². The molecule has 10 heteroatoms. The maximum Gasteiger partial charge on any atom is 0.266 e. The minimum Gasteiger partial charge on any atom is -0.392 e. The molecule has 3 heterocycles. The number of pyridine rings is 1. The van der Waals surface area contributed by atoms with Crippen LogP contribution in [-0.2, 0) is 0 Å². The Balaban J connectivity index is 1.37. The standard InChI is InChI=1S/C27H30F3N5O2/c1-16(21-5-2-6-22(24(21)28)25(29)30)33-27(37)18-12-23(26-31-15-32-35(26)13-18)17-7-9-19(10-8-17)34-11-3-4-20(36)14-34/h2,5-7,12-13,15-16,19-20,25,36H,3-4,8-11,14H2,1H3,(H,33,37)/t16-,19?,20+/m1/s1. The molecule has 1 saturated heterocycles. The summed E-state index contributed by atoms with van der Waals surface area (Å²) in [6, 6.07) is 5.10. The number of nitrogens with one attached hydrogen (secondary N) is 1. The number of nitrogens with zero attached hydrogens (tertiary/aromatic N) is 4. The maximum absolute atomic E-state index is 14.6. The lowest BCUT2D eigenvalue weighted by atomic mass is 9.89. The van der Waals surface area contributed by atoms with Crippen LogP contribution in [0.15, 0.2) is 42.9 Å². The molecule has 1 aromatic carbocycles. The fraction of sp³-hybridized carbons (Fsp3) is 0.444. The molecule has 2 aromatic heterocycles. The Morgan fingerprint density at radius 3 is 2.78 bits per heavy atom. The molecule has 1 aliphatic carbocycles. The molecular formula is C27H30F3N5O2. The van der Waals surface area contributed by atoms with Crippen molar-refractivity contribution in [2.24, 2.45) is 0 Å². The SMILES string of the molecule is C[C@@H](NC(=O)c1cc(C2=CCC(N3CCC[C@H](O)C3)CC2)c2ncnn2c1)c1cccc(C(F)F)c1F. The van der Waals surface area contributed by atoms with Crippen molar-refractivity contribution in [3.8, 4) is 0 Å². The number of hydrogen-bond donors (Lipinski definition) is 2. The fourth-order valence-electron chi connectivity index (χ4n) is 5.43. The van der Waals surface area contributed by atoms with E-state index in [1.54, 1.807) is 23.7 Å². The molecule has 0 bridgehead atoms. The Labute approximate surface area is 213 Å². The summed E-state index contributed by atoms with van der Waals surface area (Å²) in [5.41, 5.74) is 2.14. The third-order valence-electron chi connectivity index (χ3n) is 7.42. The number of aromatic nitrogens is 3. The highest BCUT2D eigenvalue weighted by molar-refractivity contribution is 5.96. The molecule has 0 saturated carbocycles. The molecule has 196 valence electrons. The highest BCUT2D eigenvalue weighted by atomic mass is 19.3. The van der Waals surface area contributed by atoms with E-state index in [0.29, 0.717) is 23.8 Å². The normalized spacial score (nSPS) is 21.7. The second kappa shape index (κ2) is 10.6. The summed E-state index contributed by atoms with van der Waals surface area (Å²) in [4.78, 5) is 19.9. The minimum atomic E-state index is -2.94. The Hall–Kier alpha value is -3.24. The number of carbonyl (C=O) groups is 1. The van der Waals surface area contributed by atoms with E-state index < -0.39 is 29.8 Å². The Kier molecular flexibility index (Phi) is 7.30. The molecule has 2 N–H and O–H groups in total. The zero-order valence-corrected chi connectivity index (χ0v) is 20.6. The molecule has 1 unspecified atom stereocenters. The van der Waals surface area contributed by atoms with Crippen molar-refractivity contribution < 1.29 is 23.1 Å². The molecule has 3 atom stereocenters. The number of carbonyl (C=O) groups excluding carboxylic acids is 1. The van der Waals surface area contributed by atoms with E-state index in [4.69, 9.17) is 0 Å². The number of likely N-dealkylation sites (tertiary alicyclic amines) is 1. The van der Waals surface area contributed by atoms with Crippen molar-refractivity contribution in [2.45, 2.75) is 63.6 Å². The smallest absolute Gasteiger partial charge is 0.266 e. The third kappa shape index (κ3) is 5.26. The van der Waals surface area contributed by atoms with Gasteiger partial charge in [0.1, 0.15) is 12.1 Å². The first-order valence-corrected chi connectivity index (χ1v) is 12.6. The highest BCUT2D eigenvalue weighted by Gasteiger charge is 2.28. The van der Waals surface area contributed by atoms with Crippen molar-refractivity contribution in [2.75, 3.05) is 13.1 Å². The van der Waals surface area contributed by atoms with E-state index in [2.05, 4.69) is 26.4 Å². The molecule has 2 aliphatic rings. The predicted octanol–water partition coefficient (Wildman–Crippen LogP) is 4.69. The van der Waals surface area contributed by atoms with E-state index in [-0.39, 0.29) is 11.7 Å². The van der Waals surface area contributed by atoms with Gasteiger partial charge < -0.3 is 10.4 Å². The number of aliphatic hydroxyl groups excluding tert-OH is 1. The Morgan fingerprint density at radius 2 is 2.05 bits per heavy atom. The van der Waals surface area contributed by atoms with E-state index in [0.717, 1.165) is 55.9 Å². The lowest BCUT2D eigenvalue weighted by Gasteiger charge is -2.38. The first kappa shape index (κ1) is 25.4. The van der Waals surface area contributed by atoms with Crippen LogP contribution >= 0.6 is 0 Å². The van der Waals surface area contributed by atoms with E-state index in [9.17, 15) is 23.1 Å². The van der Waals surface area contributed by atoms with Gasteiger partial charge >= 0.3 is 0 Å². The highest BCUT2D eigenvalue weighted by Crippen LogP contribution is 2.33. The molecule has 7 nitrogen and oxygen atoms in total. The zero-order chi connectivity index (χ0) is 26.1. The second-order valence-corrected chi connectivity index (χ2v) is 9.87.